The summed E-state index contributed by atoms with van der Waals surface area (Å²) in [6, 6.07) is 14.3. The Kier molecular flexibility index (Phi) is 6.51. The van der Waals surface area contributed by atoms with Gasteiger partial charge in [-0.15, -0.1) is 0 Å². The fourth-order valence-corrected chi connectivity index (χ4v) is 4.19. The SMILES string of the molecule is CCN(CC)c1nc2ccccc2c(-c2ccc(F)cc2)c1C=C[C@H]1C[C@H](O)CC(=O)O1. The second-order valence-corrected chi connectivity index (χ2v) is 7.90. The molecule has 1 aliphatic heterocycles. The van der Waals surface area contributed by atoms with Crippen LogP contribution in [0.1, 0.15) is 32.3 Å². The van der Waals surface area contributed by atoms with Gasteiger partial charge in [-0.2, -0.15) is 0 Å². The lowest BCUT2D eigenvalue weighted by Crippen LogP contribution is -2.31. The van der Waals surface area contributed by atoms with Crippen molar-refractivity contribution in [3.05, 3.63) is 66.0 Å². The highest BCUT2D eigenvalue weighted by molar-refractivity contribution is 6.01. The molecular formula is C26H27FN2O3. The van der Waals surface area contributed by atoms with E-state index in [9.17, 15) is 14.3 Å². The lowest BCUT2D eigenvalue weighted by Gasteiger charge is -2.26. The van der Waals surface area contributed by atoms with Crippen molar-refractivity contribution in [3.8, 4) is 11.1 Å². The van der Waals surface area contributed by atoms with Gasteiger partial charge in [-0.05, 0) is 43.7 Å². The first-order valence-electron chi connectivity index (χ1n) is 11.0. The highest BCUT2D eigenvalue weighted by Gasteiger charge is 2.26. The van der Waals surface area contributed by atoms with Crippen LogP contribution in [0.3, 0.4) is 0 Å². The predicted octanol–water partition coefficient (Wildman–Crippen LogP) is 4.97. The number of anilines is 1. The number of nitrogens with zero attached hydrogens (tertiary/aromatic N) is 2. The average Bonchev–Trinajstić information content (AvgIpc) is 2.78. The third-order valence-electron chi connectivity index (χ3n) is 5.77. The number of aromatic nitrogens is 1. The number of ether oxygens (including phenoxy) is 1. The van der Waals surface area contributed by atoms with Gasteiger partial charge in [0.1, 0.15) is 17.7 Å². The highest BCUT2D eigenvalue weighted by atomic mass is 19.1. The predicted molar refractivity (Wildman–Crippen MR) is 125 cm³/mol. The number of rotatable bonds is 6. The number of carbonyl (C=O) groups is 1. The van der Waals surface area contributed by atoms with Gasteiger partial charge in [0.05, 0.1) is 18.0 Å². The Morgan fingerprint density at radius 1 is 1.16 bits per heavy atom. The van der Waals surface area contributed by atoms with Gasteiger partial charge in [0.2, 0.25) is 0 Å². The van der Waals surface area contributed by atoms with Crippen molar-refractivity contribution in [2.45, 2.75) is 38.9 Å². The molecule has 0 unspecified atom stereocenters. The molecule has 0 aliphatic carbocycles. The Labute approximate surface area is 187 Å². The summed E-state index contributed by atoms with van der Waals surface area (Å²) in [6.07, 6.45) is 2.89. The van der Waals surface area contributed by atoms with Gasteiger partial charge >= 0.3 is 5.97 Å². The quantitative estimate of drug-likeness (QED) is 0.555. The maximum atomic E-state index is 13.7. The molecule has 0 bridgehead atoms. The lowest BCUT2D eigenvalue weighted by molar-refractivity contribution is -0.156. The number of esters is 1. The first-order valence-corrected chi connectivity index (χ1v) is 11.0. The molecule has 0 amide bonds. The van der Waals surface area contributed by atoms with Crippen molar-refractivity contribution >= 4 is 28.8 Å². The summed E-state index contributed by atoms with van der Waals surface area (Å²) < 4.78 is 19.1. The van der Waals surface area contributed by atoms with E-state index < -0.39 is 18.2 Å². The van der Waals surface area contributed by atoms with Crippen molar-refractivity contribution < 1.29 is 19.0 Å². The second-order valence-electron chi connectivity index (χ2n) is 7.90. The van der Waals surface area contributed by atoms with Gasteiger partial charge in [-0.25, -0.2) is 9.37 Å². The molecule has 2 heterocycles. The summed E-state index contributed by atoms with van der Waals surface area (Å²) >= 11 is 0. The maximum Gasteiger partial charge on any atom is 0.309 e. The van der Waals surface area contributed by atoms with Gasteiger partial charge in [0.15, 0.2) is 0 Å². The van der Waals surface area contributed by atoms with Crippen LogP contribution in [-0.4, -0.2) is 41.4 Å². The van der Waals surface area contributed by atoms with Crippen LogP contribution in [-0.2, 0) is 9.53 Å². The van der Waals surface area contributed by atoms with Gasteiger partial charge in [0, 0.05) is 36.0 Å². The van der Waals surface area contributed by atoms with E-state index in [1.165, 1.54) is 12.1 Å². The zero-order chi connectivity index (χ0) is 22.7. The number of hydrogen-bond acceptors (Lipinski definition) is 5. The van der Waals surface area contributed by atoms with E-state index in [4.69, 9.17) is 9.72 Å². The average molecular weight is 435 g/mol. The molecular weight excluding hydrogens is 407 g/mol. The molecule has 166 valence electrons. The Morgan fingerprint density at radius 3 is 2.56 bits per heavy atom. The molecule has 1 saturated heterocycles. The number of carbonyl (C=O) groups excluding carboxylic acids is 1. The number of hydrogen-bond donors (Lipinski definition) is 1. The molecule has 1 fully saturated rings. The smallest absolute Gasteiger partial charge is 0.309 e. The van der Waals surface area contributed by atoms with E-state index in [1.807, 2.05) is 36.4 Å². The van der Waals surface area contributed by atoms with Crippen LogP contribution >= 0.6 is 0 Å². The number of benzene rings is 2. The van der Waals surface area contributed by atoms with Crippen LogP contribution in [0, 0.1) is 5.82 Å². The lowest BCUT2D eigenvalue weighted by atomic mass is 9.94. The summed E-state index contributed by atoms with van der Waals surface area (Å²) in [4.78, 5) is 18.9. The maximum absolute atomic E-state index is 13.7. The summed E-state index contributed by atoms with van der Waals surface area (Å²) in [5.74, 6) is 0.112. The summed E-state index contributed by atoms with van der Waals surface area (Å²) in [5, 5.41) is 10.9. The first kappa shape index (κ1) is 22.0. The molecule has 0 spiro atoms. The topological polar surface area (TPSA) is 62.7 Å². The van der Waals surface area contributed by atoms with Gasteiger partial charge in [0.25, 0.3) is 0 Å². The van der Waals surface area contributed by atoms with Crippen LogP contribution in [0.25, 0.3) is 28.1 Å². The molecule has 6 heteroatoms. The Bertz CT molecular complexity index is 1140. The van der Waals surface area contributed by atoms with E-state index in [1.54, 1.807) is 12.1 Å². The minimum absolute atomic E-state index is 0.0212. The van der Waals surface area contributed by atoms with Gasteiger partial charge < -0.3 is 14.7 Å². The summed E-state index contributed by atoms with van der Waals surface area (Å²) in [7, 11) is 0. The van der Waals surface area contributed by atoms with Crippen molar-refractivity contribution in [2.24, 2.45) is 0 Å². The third kappa shape index (κ3) is 4.50. The Balaban J connectivity index is 1.94. The van der Waals surface area contributed by atoms with Crippen LogP contribution in [0.2, 0.25) is 0 Å². The van der Waals surface area contributed by atoms with Crippen LogP contribution < -0.4 is 4.90 Å². The van der Waals surface area contributed by atoms with Crippen molar-refractivity contribution in [1.82, 2.24) is 4.98 Å². The highest BCUT2D eigenvalue weighted by Crippen LogP contribution is 2.38. The van der Waals surface area contributed by atoms with Crippen LogP contribution in [0.15, 0.2) is 54.6 Å². The number of fused-ring (bicyclic) bond motifs is 1. The standard InChI is InChI=1S/C26H27FN2O3/c1-3-29(4-2)26-22(14-13-20-15-19(30)16-24(31)32-20)25(17-9-11-18(27)12-10-17)21-7-5-6-8-23(21)28-26/h5-14,19-20,30H,3-4,15-16H2,1-2H3/t19-,20-/m0/s1. The van der Waals surface area contributed by atoms with Crippen LogP contribution in [0.5, 0.6) is 0 Å². The third-order valence-corrected chi connectivity index (χ3v) is 5.77. The van der Waals surface area contributed by atoms with Crippen molar-refractivity contribution in [1.29, 1.82) is 0 Å². The summed E-state index contributed by atoms with van der Waals surface area (Å²) in [6.45, 7) is 5.68. The molecule has 2 atom stereocenters. The second kappa shape index (κ2) is 9.49. The van der Waals surface area contributed by atoms with Crippen molar-refractivity contribution in [3.63, 3.8) is 0 Å². The number of aliphatic hydroxyl groups excluding tert-OH is 1. The molecule has 2 aromatic carbocycles. The number of para-hydroxylation sites is 1. The molecule has 0 radical (unpaired) electrons. The number of pyridine rings is 1. The normalized spacial score (nSPS) is 18.8. The van der Waals surface area contributed by atoms with E-state index in [2.05, 4.69) is 18.7 Å². The molecule has 1 aliphatic rings. The van der Waals surface area contributed by atoms with E-state index in [0.717, 1.165) is 46.5 Å². The number of aliphatic hydroxyl groups is 1. The monoisotopic (exact) mass is 434 g/mol. The van der Waals surface area contributed by atoms with E-state index in [-0.39, 0.29) is 12.2 Å². The Morgan fingerprint density at radius 2 is 1.88 bits per heavy atom. The minimum Gasteiger partial charge on any atom is -0.458 e. The van der Waals surface area contributed by atoms with Crippen molar-refractivity contribution in [2.75, 3.05) is 18.0 Å². The fourth-order valence-electron chi connectivity index (χ4n) is 4.19. The van der Waals surface area contributed by atoms with E-state index >= 15 is 0 Å². The fraction of sp³-hybridized carbons (Fsp3) is 0.308. The molecule has 3 aromatic rings. The zero-order valence-corrected chi connectivity index (χ0v) is 18.3. The minimum atomic E-state index is -0.709. The summed E-state index contributed by atoms with van der Waals surface area (Å²) in [5.41, 5.74) is 3.54. The van der Waals surface area contributed by atoms with Crippen LogP contribution in [0.4, 0.5) is 10.2 Å². The molecule has 1 N–H and O–H groups in total. The molecule has 0 saturated carbocycles. The van der Waals surface area contributed by atoms with E-state index in [0.29, 0.717) is 6.42 Å². The Hall–Kier alpha value is -3.25. The molecule has 4 rings (SSSR count). The largest absolute Gasteiger partial charge is 0.458 e. The van der Waals surface area contributed by atoms with Gasteiger partial charge in [-0.1, -0.05) is 36.4 Å². The first-order chi connectivity index (χ1) is 15.5. The molecule has 32 heavy (non-hydrogen) atoms. The molecule has 1 aromatic heterocycles. The van der Waals surface area contributed by atoms with Gasteiger partial charge in [-0.3, -0.25) is 4.79 Å². The zero-order valence-electron chi connectivity index (χ0n) is 18.3. The molecule has 5 nitrogen and oxygen atoms in total. The number of halogens is 1. The number of cyclic esters (lactones) is 1.